The highest BCUT2D eigenvalue weighted by molar-refractivity contribution is 7.90. The van der Waals surface area contributed by atoms with Crippen LogP contribution in [0, 0.1) is 0 Å². The van der Waals surface area contributed by atoms with Gasteiger partial charge in [-0.05, 0) is 41.5 Å². The number of aromatic nitrogens is 1. The molecule has 0 bridgehead atoms. The maximum atomic E-state index is 11.3. The molecule has 2 aromatic rings. The minimum atomic E-state index is -1.22. The zero-order chi connectivity index (χ0) is 14.0. The van der Waals surface area contributed by atoms with Gasteiger partial charge in [-0.3, -0.25) is 4.98 Å². The standard InChI is InChI=1S/C13H11NO4S/c1-19(18)9-4-2-8(3-5-9)11-6-10(13(16)17)12(15)7-14-11/h2-7,15H,1H3,(H,16,17). The molecule has 0 saturated carbocycles. The lowest BCUT2D eigenvalue weighted by molar-refractivity contribution is 0.0693. The van der Waals surface area contributed by atoms with Gasteiger partial charge in [0.05, 0.1) is 11.9 Å². The largest absolute Gasteiger partial charge is 0.612 e. The second-order valence-electron chi connectivity index (χ2n) is 3.87. The van der Waals surface area contributed by atoms with Crippen molar-refractivity contribution in [3.63, 3.8) is 0 Å². The first-order valence-electron chi connectivity index (χ1n) is 5.35. The third kappa shape index (κ3) is 2.86. The van der Waals surface area contributed by atoms with Gasteiger partial charge in [-0.25, -0.2) is 4.79 Å². The normalized spacial score (nSPS) is 12.1. The fourth-order valence-electron chi connectivity index (χ4n) is 1.59. The first-order valence-corrected chi connectivity index (χ1v) is 6.91. The van der Waals surface area contributed by atoms with Crippen molar-refractivity contribution in [2.75, 3.05) is 6.26 Å². The van der Waals surface area contributed by atoms with Crippen molar-refractivity contribution < 1.29 is 19.6 Å². The first-order chi connectivity index (χ1) is 8.99. The lowest BCUT2D eigenvalue weighted by Gasteiger charge is -2.06. The van der Waals surface area contributed by atoms with Crippen molar-refractivity contribution in [3.8, 4) is 17.0 Å². The number of pyridine rings is 1. The summed E-state index contributed by atoms with van der Waals surface area (Å²) in [5.41, 5.74) is 0.925. The molecular weight excluding hydrogens is 266 g/mol. The molecule has 0 amide bonds. The van der Waals surface area contributed by atoms with Crippen molar-refractivity contribution in [2.24, 2.45) is 0 Å². The van der Waals surface area contributed by atoms with E-state index in [4.69, 9.17) is 5.11 Å². The zero-order valence-corrected chi connectivity index (χ0v) is 10.8. The number of aromatic hydroxyl groups is 1. The second-order valence-corrected chi connectivity index (χ2v) is 5.25. The molecular formula is C13H11NO4S. The van der Waals surface area contributed by atoms with Gasteiger partial charge in [0.2, 0.25) is 0 Å². The molecule has 1 heterocycles. The van der Waals surface area contributed by atoms with Crippen molar-refractivity contribution in [3.05, 3.63) is 42.1 Å². The van der Waals surface area contributed by atoms with Crippen LogP contribution in [-0.2, 0) is 11.2 Å². The van der Waals surface area contributed by atoms with Crippen molar-refractivity contribution >= 4 is 17.1 Å². The number of benzene rings is 1. The predicted octanol–water partition coefficient (Wildman–Crippen LogP) is 1.89. The molecule has 1 aromatic carbocycles. The molecule has 0 spiro atoms. The van der Waals surface area contributed by atoms with Crippen molar-refractivity contribution in [1.82, 2.24) is 4.98 Å². The van der Waals surface area contributed by atoms with E-state index < -0.39 is 17.1 Å². The topological polar surface area (TPSA) is 93.5 Å². The van der Waals surface area contributed by atoms with Gasteiger partial charge in [0, 0.05) is 5.56 Å². The van der Waals surface area contributed by atoms with Crippen LogP contribution in [0.2, 0.25) is 0 Å². The number of hydrogen-bond donors (Lipinski definition) is 2. The summed E-state index contributed by atoms with van der Waals surface area (Å²) in [7, 11) is 0. The van der Waals surface area contributed by atoms with Gasteiger partial charge in [0.25, 0.3) is 0 Å². The van der Waals surface area contributed by atoms with Gasteiger partial charge >= 0.3 is 5.97 Å². The molecule has 6 heteroatoms. The monoisotopic (exact) mass is 277 g/mol. The molecule has 1 atom stereocenters. The second kappa shape index (κ2) is 5.29. The van der Waals surface area contributed by atoms with Gasteiger partial charge < -0.3 is 14.8 Å². The van der Waals surface area contributed by atoms with Crippen LogP contribution in [-0.4, -0.2) is 32.0 Å². The van der Waals surface area contributed by atoms with Gasteiger partial charge in [0.15, 0.2) is 4.90 Å². The maximum absolute atomic E-state index is 11.3. The van der Waals surface area contributed by atoms with Crippen LogP contribution in [0.5, 0.6) is 5.75 Å². The smallest absolute Gasteiger partial charge is 0.339 e. The number of carboxylic acid groups (broad SMARTS) is 1. The van der Waals surface area contributed by atoms with E-state index in [1.54, 1.807) is 30.5 Å². The third-order valence-corrected chi connectivity index (χ3v) is 3.53. The molecule has 0 aliphatic rings. The van der Waals surface area contributed by atoms with Crippen molar-refractivity contribution in [2.45, 2.75) is 4.90 Å². The Morgan fingerprint density at radius 1 is 1.32 bits per heavy atom. The molecule has 0 fully saturated rings. The Kier molecular flexibility index (Phi) is 3.73. The average molecular weight is 277 g/mol. The number of aromatic carboxylic acids is 1. The summed E-state index contributed by atoms with van der Waals surface area (Å²) in [6, 6.07) is 8.11. The molecule has 0 aliphatic carbocycles. The summed E-state index contributed by atoms with van der Waals surface area (Å²) in [4.78, 5) is 15.6. The van der Waals surface area contributed by atoms with Crippen LogP contribution in [0.15, 0.2) is 41.4 Å². The fraction of sp³-hybridized carbons (Fsp3) is 0.0769. The number of rotatable bonds is 3. The third-order valence-electron chi connectivity index (χ3n) is 2.60. The van der Waals surface area contributed by atoms with Gasteiger partial charge in [-0.1, -0.05) is 0 Å². The van der Waals surface area contributed by atoms with Crippen LogP contribution in [0.4, 0.5) is 0 Å². The zero-order valence-electron chi connectivity index (χ0n) is 10.0. The Morgan fingerprint density at radius 2 is 1.95 bits per heavy atom. The van der Waals surface area contributed by atoms with Gasteiger partial charge in [-0.2, -0.15) is 0 Å². The fourth-order valence-corrected chi connectivity index (χ4v) is 2.11. The molecule has 2 N–H and O–H groups in total. The Morgan fingerprint density at radius 3 is 2.47 bits per heavy atom. The van der Waals surface area contributed by atoms with E-state index in [9.17, 15) is 14.5 Å². The molecule has 1 unspecified atom stereocenters. The lowest BCUT2D eigenvalue weighted by atomic mass is 10.1. The van der Waals surface area contributed by atoms with E-state index in [0.29, 0.717) is 16.2 Å². The maximum Gasteiger partial charge on any atom is 0.339 e. The Balaban J connectivity index is 2.41. The molecule has 19 heavy (non-hydrogen) atoms. The molecule has 0 saturated heterocycles. The summed E-state index contributed by atoms with van der Waals surface area (Å²) in [5.74, 6) is -1.59. The summed E-state index contributed by atoms with van der Waals surface area (Å²) in [6.07, 6.45) is 2.68. The minimum absolute atomic E-state index is 0.201. The number of nitrogens with zero attached hydrogens (tertiary/aromatic N) is 1. The molecule has 0 aliphatic heterocycles. The average Bonchev–Trinajstić information content (AvgIpc) is 2.39. The SMILES string of the molecule is C[S+]([O-])c1ccc(-c2cc(C(=O)O)c(O)cn2)cc1. The van der Waals surface area contributed by atoms with E-state index in [1.165, 1.54) is 6.07 Å². The van der Waals surface area contributed by atoms with Crippen molar-refractivity contribution in [1.29, 1.82) is 0 Å². The number of carboxylic acids is 1. The van der Waals surface area contributed by atoms with Crippen LogP contribution in [0.1, 0.15) is 10.4 Å². The highest BCUT2D eigenvalue weighted by atomic mass is 32.2. The van der Waals surface area contributed by atoms with Crippen LogP contribution in [0.3, 0.4) is 0 Å². The highest BCUT2D eigenvalue weighted by Crippen LogP contribution is 2.24. The molecule has 5 nitrogen and oxygen atoms in total. The molecule has 2 rings (SSSR count). The van der Waals surface area contributed by atoms with Gasteiger partial charge in [-0.15, -0.1) is 0 Å². The van der Waals surface area contributed by atoms with Crippen LogP contribution in [0.25, 0.3) is 11.3 Å². The van der Waals surface area contributed by atoms with Crippen LogP contribution >= 0.6 is 0 Å². The van der Waals surface area contributed by atoms with E-state index in [-0.39, 0.29) is 11.3 Å². The van der Waals surface area contributed by atoms with Crippen LogP contribution < -0.4 is 0 Å². The Hall–Kier alpha value is -2.05. The summed E-state index contributed by atoms with van der Waals surface area (Å²) in [6.45, 7) is 0. The summed E-state index contributed by atoms with van der Waals surface area (Å²) >= 11 is -1.06. The Labute approximate surface area is 112 Å². The predicted molar refractivity (Wildman–Crippen MR) is 70.6 cm³/mol. The van der Waals surface area contributed by atoms with Gasteiger partial charge in [0.1, 0.15) is 17.6 Å². The van der Waals surface area contributed by atoms with E-state index in [0.717, 1.165) is 6.20 Å². The molecule has 1 aromatic heterocycles. The van der Waals surface area contributed by atoms with E-state index in [1.807, 2.05) is 0 Å². The van der Waals surface area contributed by atoms with E-state index >= 15 is 0 Å². The number of carbonyl (C=O) groups is 1. The summed E-state index contributed by atoms with van der Waals surface area (Å²) in [5, 5.41) is 18.3. The van der Waals surface area contributed by atoms with E-state index in [2.05, 4.69) is 4.98 Å². The first kappa shape index (κ1) is 13.4. The molecule has 0 radical (unpaired) electrons. The Bertz CT molecular complexity index is 611. The highest BCUT2D eigenvalue weighted by Gasteiger charge is 2.12. The molecule has 98 valence electrons. The minimum Gasteiger partial charge on any atom is -0.612 e. The number of hydrogen-bond acceptors (Lipinski definition) is 4. The quantitative estimate of drug-likeness (QED) is 0.835. The summed E-state index contributed by atoms with van der Waals surface area (Å²) < 4.78 is 11.3. The lowest BCUT2D eigenvalue weighted by Crippen LogP contribution is -1.99.